The normalized spacial score (nSPS) is 11.3. The quantitative estimate of drug-likeness (QED) is 0.650. The molecule has 0 saturated heterocycles. The Hall–Kier alpha value is -2.15. The highest BCUT2D eigenvalue weighted by molar-refractivity contribution is 7.11. The van der Waals surface area contributed by atoms with E-state index in [1.807, 2.05) is 25.3 Å². The second-order valence-corrected chi connectivity index (χ2v) is 5.64. The molecule has 0 bridgehead atoms. The van der Waals surface area contributed by atoms with E-state index >= 15 is 0 Å². The Bertz CT molecular complexity index is 611. The van der Waals surface area contributed by atoms with Crippen molar-refractivity contribution < 1.29 is 4.74 Å². The summed E-state index contributed by atoms with van der Waals surface area (Å²) in [6.45, 7) is 3.29. The van der Waals surface area contributed by atoms with Crippen molar-refractivity contribution in [3.05, 3.63) is 40.0 Å². The molecule has 0 spiro atoms. The molecular weight excluding hydrogens is 286 g/mol. The first-order valence-corrected chi connectivity index (χ1v) is 7.38. The molecule has 0 radical (unpaired) electrons. The van der Waals surface area contributed by atoms with Crippen molar-refractivity contribution in [2.75, 3.05) is 14.2 Å². The predicted molar refractivity (Wildman–Crippen MR) is 84.7 cm³/mol. The van der Waals surface area contributed by atoms with E-state index in [9.17, 15) is 0 Å². The summed E-state index contributed by atoms with van der Waals surface area (Å²) < 4.78 is 5.22. The fourth-order valence-corrected chi connectivity index (χ4v) is 2.51. The number of rotatable bonds is 5. The molecule has 0 fully saturated rings. The van der Waals surface area contributed by atoms with Crippen LogP contribution in [-0.4, -0.2) is 30.1 Å². The summed E-state index contributed by atoms with van der Waals surface area (Å²) in [7, 11) is 3.35. The molecule has 2 heterocycles. The van der Waals surface area contributed by atoms with Gasteiger partial charge in [-0.05, 0) is 13.0 Å². The molecule has 0 aliphatic carbocycles. The summed E-state index contributed by atoms with van der Waals surface area (Å²) in [5.41, 5.74) is 0.980. The zero-order valence-corrected chi connectivity index (χ0v) is 13.2. The van der Waals surface area contributed by atoms with Crippen LogP contribution in [0.25, 0.3) is 0 Å². The maximum atomic E-state index is 5.22. The summed E-state index contributed by atoms with van der Waals surface area (Å²) in [6, 6.07) is 3.85. The Morgan fingerprint density at radius 2 is 2.14 bits per heavy atom. The Morgan fingerprint density at radius 3 is 2.81 bits per heavy atom. The van der Waals surface area contributed by atoms with Crippen molar-refractivity contribution in [1.29, 1.82) is 0 Å². The van der Waals surface area contributed by atoms with Gasteiger partial charge in [-0.25, -0.2) is 9.97 Å². The van der Waals surface area contributed by atoms with Crippen molar-refractivity contribution in [2.24, 2.45) is 4.99 Å². The third-order valence-corrected chi connectivity index (χ3v) is 3.70. The van der Waals surface area contributed by atoms with Gasteiger partial charge >= 0.3 is 0 Å². The summed E-state index contributed by atoms with van der Waals surface area (Å²) >= 11 is 1.67. The van der Waals surface area contributed by atoms with Gasteiger partial charge in [0.05, 0.1) is 13.7 Å². The highest BCUT2D eigenvalue weighted by atomic mass is 32.1. The molecule has 0 amide bonds. The standard InChI is InChI=1S/C14H19N5OS/c1-10-7-17-12(21-10)9-19-14(15-2)18-8-11-5-4-6-16-13(11)20-3/h4-7H,8-9H2,1-3H3,(H2,15,18,19). The largest absolute Gasteiger partial charge is 0.481 e. The molecule has 2 N–H and O–H groups in total. The van der Waals surface area contributed by atoms with Crippen LogP contribution >= 0.6 is 11.3 Å². The maximum Gasteiger partial charge on any atom is 0.218 e. The third kappa shape index (κ3) is 4.42. The summed E-state index contributed by atoms with van der Waals surface area (Å²) in [4.78, 5) is 13.9. The fraction of sp³-hybridized carbons (Fsp3) is 0.357. The second kappa shape index (κ2) is 7.58. The summed E-state index contributed by atoms with van der Waals surface area (Å²) in [5.74, 6) is 1.34. The van der Waals surface area contributed by atoms with Crippen LogP contribution in [0.4, 0.5) is 0 Å². The first kappa shape index (κ1) is 15.2. The van der Waals surface area contributed by atoms with Crippen LogP contribution in [0, 0.1) is 6.92 Å². The van der Waals surface area contributed by atoms with Crippen LogP contribution in [0.15, 0.2) is 29.5 Å². The molecule has 6 nitrogen and oxygen atoms in total. The van der Waals surface area contributed by atoms with E-state index in [0.29, 0.717) is 24.9 Å². The zero-order chi connectivity index (χ0) is 15.1. The Morgan fingerprint density at radius 1 is 1.33 bits per heavy atom. The number of hydrogen-bond donors (Lipinski definition) is 2. The van der Waals surface area contributed by atoms with Gasteiger partial charge < -0.3 is 15.4 Å². The number of hydrogen-bond acceptors (Lipinski definition) is 5. The molecular formula is C14H19N5OS. The molecule has 112 valence electrons. The Labute approximate surface area is 128 Å². The van der Waals surface area contributed by atoms with E-state index in [1.54, 1.807) is 31.7 Å². The predicted octanol–water partition coefficient (Wildman–Crippen LogP) is 1.72. The average molecular weight is 305 g/mol. The molecule has 2 aromatic rings. The highest BCUT2D eigenvalue weighted by Crippen LogP contribution is 2.13. The van der Waals surface area contributed by atoms with Crippen LogP contribution in [0.1, 0.15) is 15.4 Å². The molecule has 2 rings (SSSR count). The molecule has 2 aromatic heterocycles. The molecule has 7 heteroatoms. The van der Waals surface area contributed by atoms with Crippen molar-refractivity contribution in [1.82, 2.24) is 20.6 Å². The van der Waals surface area contributed by atoms with E-state index in [0.717, 1.165) is 10.6 Å². The van der Waals surface area contributed by atoms with Crippen LogP contribution in [0.3, 0.4) is 0 Å². The first-order chi connectivity index (χ1) is 10.2. The maximum absolute atomic E-state index is 5.22. The second-order valence-electron chi connectivity index (χ2n) is 4.32. The lowest BCUT2D eigenvalue weighted by molar-refractivity contribution is 0.392. The minimum Gasteiger partial charge on any atom is -0.481 e. The number of methoxy groups -OCH3 is 1. The van der Waals surface area contributed by atoms with Gasteiger partial charge in [-0.15, -0.1) is 11.3 Å². The van der Waals surface area contributed by atoms with E-state index in [1.165, 1.54) is 4.88 Å². The molecule has 0 saturated carbocycles. The lowest BCUT2D eigenvalue weighted by Crippen LogP contribution is -2.36. The number of nitrogens with zero attached hydrogens (tertiary/aromatic N) is 3. The lowest BCUT2D eigenvalue weighted by Gasteiger charge is -2.12. The van der Waals surface area contributed by atoms with Gasteiger partial charge in [-0.1, -0.05) is 6.07 Å². The smallest absolute Gasteiger partial charge is 0.218 e. The number of aliphatic imine (C=N–C) groups is 1. The van der Waals surface area contributed by atoms with E-state index in [-0.39, 0.29) is 0 Å². The monoisotopic (exact) mass is 305 g/mol. The zero-order valence-electron chi connectivity index (χ0n) is 12.4. The number of aryl methyl sites for hydroxylation is 1. The molecule has 21 heavy (non-hydrogen) atoms. The first-order valence-electron chi connectivity index (χ1n) is 6.56. The van der Waals surface area contributed by atoms with Gasteiger partial charge in [0.25, 0.3) is 0 Å². The third-order valence-electron chi connectivity index (χ3n) is 2.79. The lowest BCUT2D eigenvalue weighted by atomic mass is 10.3. The summed E-state index contributed by atoms with van der Waals surface area (Å²) in [6.07, 6.45) is 3.58. The molecule has 0 aliphatic rings. The minimum absolute atomic E-state index is 0.591. The van der Waals surface area contributed by atoms with E-state index in [4.69, 9.17) is 4.74 Å². The van der Waals surface area contributed by atoms with Crippen LogP contribution in [0.2, 0.25) is 0 Å². The molecule has 0 atom stereocenters. The minimum atomic E-state index is 0.591. The topological polar surface area (TPSA) is 71.4 Å². The van der Waals surface area contributed by atoms with Gasteiger partial charge in [0.2, 0.25) is 5.88 Å². The van der Waals surface area contributed by atoms with Crippen molar-refractivity contribution in [2.45, 2.75) is 20.0 Å². The van der Waals surface area contributed by atoms with Gasteiger partial charge in [-0.2, -0.15) is 0 Å². The average Bonchev–Trinajstić information content (AvgIpc) is 2.93. The number of guanidine groups is 1. The van der Waals surface area contributed by atoms with Gasteiger partial charge in [0.1, 0.15) is 5.01 Å². The molecule has 0 unspecified atom stereocenters. The molecule has 0 aromatic carbocycles. The highest BCUT2D eigenvalue weighted by Gasteiger charge is 2.05. The van der Waals surface area contributed by atoms with Gasteiger partial charge in [-0.3, -0.25) is 4.99 Å². The Kier molecular flexibility index (Phi) is 5.51. The SMILES string of the molecule is CN=C(NCc1ncc(C)s1)NCc1cccnc1OC. The van der Waals surface area contributed by atoms with Crippen LogP contribution < -0.4 is 15.4 Å². The fourth-order valence-electron chi connectivity index (χ4n) is 1.78. The number of ether oxygens (including phenoxy) is 1. The number of aromatic nitrogens is 2. The number of nitrogens with one attached hydrogen (secondary N) is 2. The Balaban J connectivity index is 1.88. The van der Waals surface area contributed by atoms with E-state index in [2.05, 4.69) is 25.6 Å². The number of pyridine rings is 1. The summed E-state index contributed by atoms with van der Waals surface area (Å²) in [5, 5.41) is 7.50. The molecule has 0 aliphatic heterocycles. The van der Waals surface area contributed by atoms with Crippen molar-refractivity contribution in [3.8, 4) is 5.88 Å². The van der Waals surface area contributed by atoms with Gasteiger partial charge in [0, 0.05) is 36.4 Å². The van der Waals surface area contributed by atoms with Crippen LogP contribution in [-0.2, 0) is 13.1 Å². The van der Waals surface area contributed by atoms with E-state index < -0.39 is 0 Å². The van der Waals surface area contributed by atoms with Crippen LogP contribution in [0.5, 0.6) is 5.88 Å². The number of thiazole rings is 1. The van der Waals surface area contributed by atoms with Gasteiger partial charge in [0.15, 0.2) is 5.96 Å². The van der Waals surface area contributed by atoms with Crippen molar-refractivity contribution >= 4 is 17.3 Å². The van der Waals surface area contributed by atoms with Crippen molar-refractivity contribution in [3.63, 3.8) is 0 Å².